The molecule has 0 bridgehead atoms. The number of fused-ring (bicyclic) bond motifs is 1. The molecule has 0 saturated heterocycles. The molecule has 4 heteroatoms. The number of nitrogens with one attached hydrogen (secondary N) is 1. The number of hydrogen-bond donors (Lipinski definition) is 2. The minimum atomic E-state index is -0.919. The van der Waals surface area contributed by atoms with Crippen LogP contribution in [-0.4, -0.2) is 40.1 Å². The lowest BCUT2D eigenvalue weighted by atomic mass is 9.98. The lowest BCUT2D eigenvalue weighted by Gasteiger charge is -2.29. The number of aromatic carboxylic acids is 1. The van der Waals surface area contributed by atoms with Crippen molar-refractivity contribution in [1.29, 1.82) is 0 Å². The van der Waals surface area contributed by atoms with Crippen LogP contribution < -0.4 is 0 Å². The zero-order valence-electron chi connectivity index (χ0n) is 12.4. The first-order chi connectivity index (χ1) is 10.0. The minimum Gasteiger partial charge on any atom is -0.477 e. The molecule has 3 rings (SSSR count). The van der Waals surface area contributed by atoms with Crippen molar-refractivity contribution < 1.29 is 9.90 Å². The Hall–Kier alpha value is -2.07. The van der Waals surface area contributed by atoms with E-state index in [2.05, 4.69) is 41.9 Å². The van der Waals surface area contributed by atoms with Crippen LogP contribution in [0.4, 0.5) is 0 Å². The van der Waals surface area contributed by atoms with Crippen molar-refractivity contribution in [1.82, 2.24) is 9.88 Å². The highest BCUT2D eigenvalue weighted by Crippen LogP contribution is 2.26. The maximum absolute atomic E-state index is 11.0. The fourth-order valence-electron chi connectivity index (χ4n) is 2.86. The molecule has 1 aromatic heterocycles. The van der Waals surface area contributed by atoms with Gasteiger partial charge in [0.05, 0.1) is 0 Å². The molecule has 2 heterocycles. The Kier molecular flexibility index (Phi) is 3.55. The van der Waals surface area contributed by atoms with E-state index in [0.717, 1.165) is 30.4 Å². The van der Waals surface area contributed by atoms with Gasteiger partial charge in [0.2, 0.25) is 0 Å². The van der Waals surface area contributed by atoms with Gasteiger partial charge in [-0.3, -0.25) is 4.90 Å². The molecule has 0 atom stereocenters. The van der Waals surface area contributed by atoms with Gasteiger partial charge in [-0.05, 0) is 49.6 Å². The van der Waals surface area contributed by atoms with Crippen LogP contribution in [-0.2, 0) is 0 Å². The molecule has 0 spiro atoms. The van der Waals surface area contributed by atoms with Crippen LogP contribution in [0.2, 0.25) is 0 Å². The Labute approximate surface area is 124 Å². The Morgan fingerprint density at radius 1 is 1.33 bits per heavy atom. The topological polar surface area (TPSA) is 56.3 Å². The lowest BCUT2D eigenvalue weighted by Crippen LogP contribution is -2.34. The normalized spacial score (nSPS) is 16.4. The van der Waals surface area contributed by atoms with Crippen LogP contribution in [0, 0.1) is 0 Å². The first kappa shape index (κ1) is 13.9. The largest absolute Gasteiger partial charge is 0.477 e. The molecule has 2 N–H and O–H groups in total. The Bertz CT molecular complexity index is 713. The molecular weight excluding hydrogens is 264 g/mol. The highest BCUT2D eigenvalue weighted by atomic mass is 16.4. The van der Waals surface area contributed by atoms with Crippen molar-refractivity contribution in [3.63, 3.8) is 0 Å². The molecule has 1 aliphatic heterocycles. The maximum Gasteiger partial charge on any atom is 0.352 e. The Morgan fingerprint density at radius 3 is 2.76 bits per heavy atom. The number of benzene rings is 1. The summed E-state index contributed by atoms with van der Waals surface area (Å²) in [7, 11) is 0. The van der Waals surface area contributed by atoms with Gasteiger partial charge in [0.1, 0.15) is 5.69 Å². The minimum absolute atomic E-state index is 0.241. The standard InChI is InChI=1S/C17H20N2O2/c1-11(2)19-7-5-12(6-8-19)13-3-4-15-14(9-13)10-16(18-15)17(20)21/h3-5,9-11,18H,6-8H2,1-2H3,(H,20,21). The van der Waals surface area contributed by atoms with Crippen molar-refractivity contribution in [3.8, 4) is 0 Å². The summed E-state index contributed by atoms with van der Waals surface area (Å²) in [5.41, 5.74) is 3.66. The highest BCUT2D eigenvalue weighted by Gasteiger charge is 2.15. The smallest absolute Gasteiger partial charge is 0.352 e. The number of aromatic nitrogens is 1. The number of rotatable bonds is 3. The number of nitrogens with zero attached hydrogens (tertiary/aromatic N) is 1. The van der Waals surface area contributed by atoms with Crippen LogP contribution in [0.3, 0.4) is 0 Å². The lowest BCUT2D eigenvalue weighted by molar-refractivity contribution is 0.0691. The van der Waals surface area contributed by atoms with Crippen LogP contribution in [0.5, 0.6) is 0 Å². The number of H-pyrrole nitrogens is 1. The summed E-state index contributed by atoms with van der Waals surface area (Å²) in [5, 5.41) is 9.99. The quantitative estimate of drug-likeness (QED) is 0.908. The predicted octanol–water partition coefficient (Wildman–Crippen LogP) is 3.36. The van der Waals surface area contributed by atoms with E-state index >= 15 is 0 Å². The van der Waals surface area contributed by atoms with Crippen LogP contribution in [0.15, 0.2) is 30.3 Å². The van der Waals surface area contributed by atoms with E-state index in [-0.39, 0.29) is 5.69 Å². The Morgan fingerprint density at radius 2 is 2.14 bits per heavy atom. The van der Waals surface area contributed by atoms with Gasteiger partial charge >= 0.3 is 5.97 Å². The molecule has 110 valence electrons. The third kappa shape index (κ3) is 2.72. The van der Waals surface area contributed by atoms with Gasteiger partial charge in [0.25, 0.3) is 0 Å². The molecule has 0 aliphatic carbocycles. The second-order valence-corrected chi connectivity index (χ2v) is 5.86. The van der Waals surface area contributed by atoms with Gasteiger partial charge < -0.3 is 10.1 Å². The molecule has 0 saturated carbocycles. The Balaban J connectivity index is 1.89. The van der Waals surface area contributed by atoms with Gasteiger partial charge in [-0.25, -0.2) is 4.79 Å². The van der Waals surface area contributed by atoms with Gasteiger partial charge in [-0.15, -0.1) is 0 Å². The van der Waals surface area contributed by atoms with Gasteiger partial charge in [-0.2, -0.15) is 0 Å². The average molecular weight is 284 g/mol. The molecule has 1 aromatic carbocycles. The summed E-state index contributed by atoms with van der Waals surface area (Å²) >= 11 is 0. The number of aromatic amines is 1. The maximum atomic E-state index is 11.0. The van der Waals surface area contributed by atoms with Crippen LogP contribution >= 0.6 is 0 Å². The molecule has 0 unspecified atom stereocenters. The number of carbonyl (C=O) groups is 1. The molecule has 0 radical (unpaired) electrons. The molecule has 21 heavy (non-hydrogen) atoms. The van der Waals surface area contributed by atoms with Crippen molar-refractivity contribution >= 4 is 22.4 Å². The molecule has 4 nitrogen and oxygen atoms in total. The zero-order chi connectivity index (χ0) is 15.0. The van der Waals surface area contributed by atoms with Gasteiger partial charge in [-0.1, -0.05) is 12.1 Å². The van der Waals surface area contributed by atoms with E-state index < -0.39 is 5.97 Å². The summed E-state index contributed by atoms with van der Waals surface area (Å²) in [6, 6.07) is 8.39. The van der Waals surface area contributed by atoms with Crippen molar-refractivity contribution in [2.45, 2.75) is 26.3 Å². The van der Waals surface area contributed by atoms with E-state index in [4.69, 9.17) is 5.11 Å². The summed E-state index contributed by atoms with van der Waals surface area (Å²) in [6.07, 6.45) is 3.33. The van der Waals surface area contributed by atoms with Gasteiger partial charge in [0.15, 0.2) is 0 Å². The van der Waals surface area contributed by atoms with Crippen LogP contribution in [0.1, 0.15) is 36.3 Å². The van der Waals surface area contributed by atoms with Gasteiger partial charge in [0, 0.05) is 30.0 Å². The van der Waals surface area contributed by atoms with E-state index in [1.54, 1.807) is 6.07 Å². The summed E-state index contributed by atoms with van der Waals surface area (Å²) in [5.74, 6) is -0.919. The van der Waals surface area contributed by atoms with Crippen molar-refractivity contribution in [2.24, 2.45) is 0 Å². The molecule has 2 aromatic rings. The fraction of sp³-hybridized carbons (Fsp3) is 0.353. The number of carboxylic acids is 1. The second kappa shape index (κ2) is 5.37. The first-order valence-corrected chi connectivity index (χ1v) is 7.34. The predicted molar refractivity (Wildman–Crippen MR) is 84.6 cm³/mol. The number of carboxylic acid groups (broad SMARTS) is 1. The third-order valence-electron chi connectivity index (χ3n) is 4.19. The monoisotopic (exact) mass is 284 g/mol. The molecular formula is C17H20N2O2. The highest BCUT2D eigenvalue weighted by molar-refractivity contribution is 5.94. The van der Waals surface area contributed by atoms with E-state index in [9.17, 15) is 4.79 Å². The summed E-state index contributed by atoms with van der Waals surface area (Å²) < 4.78 is 0. The molecule has 1 aliphatic rings. The SMILES string of the molecule is CC(C)N1CC=C(c2ccc3[nH]c(C(=O)O)cc3c2)CC1. The van der Waals surface area contributed by atoms with Crippen LogP contribution in [0.25, 0.3) is 16.5 Å². The van der Waals surface area contributed by atoms with E-state index in [1.807, 2.05) is 6.07 Å². The summed E-state index contributed by atoms with van der Waals surface area (Å²) in [4.78, 5) is 16.4. The van der Waals surface area contributed by atoms with Crippen molar-refractivity contribution in [2.75, 3.05) is 13.1 Å². The second-order valence-electron chi connectivity index (χ2n) is 5.86. The van der Waals surface area contributed by atoms with E-state index in [0.29, 0.717) is 6.04 Å². The number of hydrogen-bond acceptors (Lipinski definition) is 2. The van der Waals surface area contributed by atoms with E-state index in [1.165, 1.54) is 11.1 Å². The van der Waals surface area contributed by atoms with Crippen molar-refractivity contribution in [3.05, 3.63) is 41.6 Å². The molecule has 0 fully saturated rings. The third-order valence-corrected chi connectivity index (χ3v) is 4.19. The zero-order valence-corrected chi connectivity index (χ0v) is 12.4. The first-order valence-electron chi connectivity index (χ1n) is 7.34. The summed E-state index contributed by atoms with van der Waals surface area (Å²) in [6.45, 7) is 6.50. The molecule has 0 amide bonds. The average Bonchev–Trinajstić information content (AvgIpc) is 2.90. The fourth-order valence-corrected chi connectivity index (χ4v) is 2.86.